The molecule has 1 aliphatic rings. The predicted molar refractivity (Wildman–Crippen MR) is 113 cm³/mol. The number of likely N-dealkylation sites (tertiary alicyclic amines) is 1. The second-order valence-corrected chi connectivity index (χ2v) is 7.62. The molecule has 4 rings (SSSR count). The summed E-state index contributed by atoms with van der Waals surface area (Å²) in [5.74, 6) is 1.16. The van der Waals surface area contributed by atoms with Gasteiger partial charge in [0, 0.05) is 48.1 Å². The van der Waals surface area contributed by atoms with Crippen LogP contribution in [0.15, 0.2) is 54.7 Å². The van der Waals surface area contributed by atoms with E-state index >= 15 is 0 Å². The Morgan fingerprint density at radius 2 is 1.79 bits per heavy atom. The van der Waals surface area contributed by atoms with Gasteiger partial charge in [0.15, 0.2) is 5.78 Å². The number of ether oxygens (including phenoxy) is 1. The predicted octanol–water partition coefficient (Wildman–Crippen LogP) is 4.23. The van der Waals surface area contributed by atoms with Crippen LogP contribution in [0.5, 0.6) is 5.75 Å². The second kappa shape index (κ2) is 8.52. The lowest BCUT2D eigenvalue weighted by atomic mass is 9.88. The van der Waals surface area contributed by atoms with Crippen molar-refractivity contribution in [2.24, 2.45) is 5.92 Å². The van der Waals surface area contributed by atoms with Crippen LogP contribution in [0.1, 0.15) is 35.2 Å². The van der Waals surface area contributed by atoms with Crippen molar-refractivity contribution in [2.75, 3.05) is 20.2 Å². The highest BCUT2D eigenvalue weighted by atomic mass is 16.5. The average Bonchev–Trinajstić information content (AvgIpc) is 3.21. The lowest BCUT2D eigenvalue weighted by Gasteiger charge is -2.31. The number of carbonyl (C=O) groups is 2. The number of aryl methyl sites for hydroxylation is 1. The third-order valence-electron chi connectivity index (χ3n) is 5.86. The van der Waals surface area contributed by atoms with Gasteiger partial charge in [0.2, 0.25) is 5.91 Å². The normalized spacial score (nSPS) is 14.9. The summed E-state index contributed by atoms with van der Waals surface area (Å²) in [4.78, 5) is 30.7. The van der Waals surface area contributed by atoms with Crippen molar-refractivity contribution < 1.29 is 14.3 Å². The van der Waals surface area contributed by atoms with Gasteiger partial charge >= 0.3 is 0 Å². The fourth-order valence-corrected chi connectivity index (χ4v) is 4.09. The average molecular weight is 390 g/mol. The molecule has 150 valence electrons. The maximum Gasteiger partial charge on any atom is 0.222 e. The Kier molecular flexibility index (Phi) is 5.65. The smallest absolute Gasteiger partial charge is 0.222 e. The summed E-state index contributed by atoms with van der Waals surface area (Å²) in [6.07, 6.45) is 4.49. The van der Waals surface area contributed by atoms with E-state index in [2.05, 4.69) is 4.98 Å². The summed E-state index contributed by atoms with van der Waals surface area (Å²) in [5, 5.41) is 0.982. The number of benzene rings is 2. The highest BCUT2D eigenvalue weighted by Gasteiger charge is 2.28. The van der Waals surface area contributed by atoms with Crippen LogP contribution in [0.3, 0.4) is 0 Å². The van der Waals surface area contributed by atoms with Crippen LogP contribution in [-0.4, -0.2) is 41.8 Å². The molecule has 0 atom stereocenters. The van der Waals surface area contributed by atoms with Crippen molar-refractivity contribution in [3.63, 3.8) is 0 Å². The number of rotatable bonds is 6. The molecule has 5 heteroatoms. The number of hydrogen-bond donors (Lipinski definition) is 1. The van der Waals surface area contributed by atoms with Crippen molar-refractivity contribution in [1.29, 1.82) is 0 Å². The Morgan fingerprint density at radius 3 is 2.52 bits per heavy atom. The lowest BCUT2D eigenvalue weighted by Crippen LogP contribution is -2.40. The van der Waals surface area contributed by atoms with Gasteiger partial charge in [-0.15, -0.1) is 0 Å². The molecule has 0 spiro atoms. The van der Waals surface area contributed by atoms with Crippen molar-refractivity contribution in [3.05, 3.63) is 65.9 Å². The molecule has 1 N–H and O–H groups in total. The largest absolute Gasteiger partial charge is 0.497 e. The molecule has 0 saturated carbocycles. The number of Topliss-reactive ketones (excluding diaryl/α,β-unsaturated/α-hetero) is 1. The van der Waals surface area contributed by atoms with Gasteiger partial charge in [0.25, 0.3) is 0 Å². The molecule has 1 aromatic heterocycles. The lowest BCUT2D eigenvalue weighted by molar-refractivity contribution is -0.132. The van der Waals surface area contributed by atoms with Crippen LogP contribution < -0.4 is 4.74 Å². The van der Waals surface area contributed by atoms with Crippen LogP contribution in [0.4, 0.5) is 0 Å². The SMILES string of the molecule is COc1ccc(CCC(=O)N2CCC(C(=O)c3c[nH]c4ccccc34)CC2)cc1. The maximum atomic E-state index is 13.0. The molecular formula is C24H26N2O3. The van der Waals surface area contributed by atoms with Crippen molar-refractivity contribution in [1.82, 2.24) is 9.88 Å². The molecule has 0 aliphatic carbocycles. The number of nitrogens with zero attached hydrogens (tertiary/aromatic N) is 1. The number of amides is 1. The van der Waals surface area contributed by atoms with Gasteiger partial charge < -0.3 is 14.6 Å². The summed E-state index contributed by atoms with van der Waals surface area (Å²) in [5.41, 5.74) is 2.88. The van der Waals surface area contributed by atoms with Crippen LogP contribution in [0.2, 0.25) is 0 Å². The molecule has 5 nitrogen and oxygen atoms in total. The summed E-state index contributed by atoms with van der Waals surface area (Å²) < 4.78 is 5.17. The summed E-state index contributed by atoms with van der Waals surface area (Å²) >= 11 is 0. The first kappa shape index (κ1) is 19.2. The molecule has 2 heterocycles. The Bertz CT molecular complexity index is 998. The van der Waals surface area contributed by atoms with E-state index in [4.69, 9.17) is 4.74 Å². The van der Waals surface area contributed by atoms with Crippen molar-refractivity contribution in [3.8, 4) is 5.75 Å². The molecule has 0 unspecified atom stereocenters. The van der Waals surface area contributed by atoms with E-state index in [1.807, 2.05) is 59.6 Å². The quantitative estimate of drug-likeness (QED) is 0.641. The molecule has 0 bridgehead atoms. The van der Waals surface area contributed by atoms with E-state index in [1.54, 1.807) is 7.11 Å². The fourth-order valence-electron chi connectivity index (χ4n) is 4.09. The van der Waals surface area contributed by atoms with Gasteiger partial charge in [-0.05, 0) is 43.0 Å². The van der Waals surface area contributed by atoms with Crippen molar-refractivity contribution in [2.45, 2.75) is 25.7 Å². The number of fused-ring (bicyclic) bond motifs is 1. The Labute approximate surface area is 170 Å². The number of para-hydroxylation sites is 1. The van der Waals surface area contributed by atoms with Gasteiger partial charge in [0.1, 0.15) is 5.75 Å². The van der Waals surface area contributed by atoms with Gasteiger partial charge in [0.05, 0.1) is 7.11 Å². The highest BCUT2D eigenvalue weighted by Crippen LogP contribution is 2.26. The maximum absolute atomic E-state index is 13.0. The first-order valence-corrected chi connectivity index (χ1v) is 10.2. The monoisotopic (exact) mass is 390 g/mol. The van der Waals surface area contributed by atoms with Gasteiger partial charge in [-0.3, -0.25) is 9.59 Å². The fraction of sp³-hybridized carbons (Fsp3) is 0.333. The van der Waals surface area contributed by atoms with E-state index in [1.165, 1.54) is 0 Å². The minimum absolute atomic E-state index is 0.0140. The van der Waals surface area contributed by atoms with Crippen LogP contribution in [0, 0.1) is 5.92 Å². The standard InChI is InChI=1S/C24H26N2O3/c1-29-19-9-6-17(7-10-19)8-11-23(27)26-14-12-18(13-15-26)24(28)21-16-25-22-5-3-2-4-20(21)22/h2-7,9-10,16,18,25H,8,11-15H2,1H3. The zero-order valence-electron chi connectivity index (χ0n) is 16.7. The number of piperidine rings is 1. The molecule has 1 amide bonds. The van der Waals surface area contributed by atoms with E-state index in [0.29, 0.717) is 19.5 Å². The molecule has 2 aromatic carbocycles. The van der Waals surface area contributed by atoms with Gasteiger partial charge in [-0.1, -0.05) is 30.3 Å². The van der Waals surface area contributed by atoms with Crippen molar-refractivity contribution >= 4 is 22.6 Å². The zero-order valence-corrected chi connectivity index (χ0v) is 16.7. The second-order valence-electron chi connectivity index (χ2n) is 7.62. The minimum Gasteiger partial charge on any atom is -0.497 e. The molecule has 0 radical (unpaired) electrons. The summed E-state index contributed by atoms with van der Waals surface area (Å²) in [6, 6.07) is 15.7. The zero-order chi connectivity index (χ0) is 20.2. The van der Waals surface area contributed by atoms with E-state index < -0.39 is 0 Å². The number of methoxy groups -OCH3 is 1. The molecule has 1 aliphatic heterocycles. The third-order valence-corrected chi connectivity index (χ3v) is 5.86. The summed E-state index contributed by atoms with van der Waals surface area (Å²) in [7, 11) is 1.64. The van der Waals surface area contributed by atoms with E-state index in [-0.39, 0.29) is 17.6 Å². The third kappa shape index (κ3) is 4.19. The number of hydrogen-bond acceptors (Lipinski definition) is 3. The number of carbonyl (C=O) groups excluding carboxylic acids is 2. The topological polar surface area (TPSA) is 62.4 Å². The van der Waals surface area contributed by atoms with Crippen LogP contribution in [-0.2, 0) is 11.2 Å². The van der Waals surface area contributed by atoms with Crippen LogP contribution in [0.25, 0.3) is 10.9 Å². The van der Waals surface area contributed by atoms with Gasteiger partial charge in [-0.2, -0.15) is 0 Å². The molecular weight excluding hydrogens is 364 g/mol. The number of ketones is 1. The molecule has 29 heavy (non-hydrogen) atoms. The Balaban J connectivity index is 1.30. The Morgan fingerprint density at radius 1 is 1.07 bits per heavy atom. The Hall–Kier alpha value is -3.08. The first-order valence-electron chi connectivity index (χ1n) is 10.2. The number of aromatic amines is 1. The van der Waals surface area contributed by atoms with E-state index in [9.17, 15) is 9.59 Å². The first-order chi connectivity index (χ1) is 14.2. The number of H-pyrrole nitrogens is 1. The molecule has 1 saturated heterocycles. The number of nitrogens with one attached hydrogen (secondary N) is 1. The van der Waals surface area contributed by atoms with E-state index in [0.717, 1.165) is 47.0 Å². The van der Waals surface area contributed by atoms with Crippen LogP contribution >= 0.6 is 0 Å². The minimum atomic E-state index is -0.0140. The van der Waals surface area contributed by atoms with Gasteiger partial charge in [-0.25, -0.2) is 0 Å². The number of aromatic nitrogens is 1. The molecule has 3 aromatic rings. The summed E-state index contributed by atoms with van der Waals surface area (Å²) in [6.45, 7) is 1.31. The molecule has 1 fully saturated rings. The highest BCUT2D eigenvalue weighted by molar-refractivity contribution is 6.08.